The third-order valence-electron chi connectivity index (χ3n) is 2.91. The van der Waals surface area contributed by atoms with E-state index < -0.39 is 5.91 Å². The summed E-state index contributed by atoms with van der Waals surface area (Å²) in [7, 11) is 0. The Morgan fingerprint density at radius 3 is 3.05 bits per heavy atom. The van der Waals surface area contributed by atoms with Crippen molar-refractivity contribution in [2.24, 2.45) is 21.7 Å². The zero-order chi connectivity index (χ0) is 15.7. The summed E-state index contributed by atoms with van der Waals surface area (Å²) in [4.78, 5) is 15.6. The lowest BCUT2D eigenvalue weighted by molar-refractivity contribution is -0.114. The summed E-state index contributed by atoms with van der Waals surface area (Å²) in [5.74, 6) is -0.530. The van der Waals surface area contributed by atoms with Crippen molar-refractivity contribution in [3.63, 3.8) is 0 Å². The number of carbonyl (C=O) groups is 1. The van der Waals surface area contributed by atoms with Crippen molar-refractivity contribution in [3.8, 4) is 0 Å². The standard InChI is InChI=1S/C16H22N4O/c1-4-13(8-10-18-5-2)15-12(3)11-14(16(17)21)7-6-9-19-20-15/h4,6-8,10-12,19H,1,5,9H2,2-3H3,(H2,17,21)/b7-6-,13-8+,14-11+,18-10?,20-15+. The smallest absolute Gasteiger partial charge is 0.248 e. The molecule has 1 atom stereocenters. The predicted molar refractivity (Wildman–Crippen MR) is 88.3 cm³/mol. The van der Waals surface area contributed by atoms with Crippen LogP contribution >= 0.6 is 0 Å². The summed E-state index contributed by atoms with van der Waals surface area (Å²) in [6, 6.07) is 0. The Kier molecular flexibility index (Phi) is 6.87. The highest BCUT2D eigenvalue weighted by Crippen LogP contribution is 2.14. The zero-order valence-corrected chi connectivity index (χ0v) is 12.5. The maximum absolute atomic E-state index is 11.4. The van der Waals surface area contributed by atoms with Gasteiger partial charge < -0.3 is 11.2 Å². The fraction of sp³-hybridized carbons (Fsp3) is 0.312. The minimum Gasteiger partial charge on any atom is -0.366 e. The van der Waals surface area contributed by atoms with Gasteiger partial charge in [0.15, 0.2) is 0 Å². The molecule has 0 aromatic heterocycles. The van der Waals surface area contributed by atoms with E-state index in [2.05, 4.69) is 22.1 Å². The van der Waals surface area contributed by atoms with Gasteiger partial charge in [0.25, 0.3) is 0 Å². The number of amides is 1. The Labute approximate surface area is 125 Å². The fourth-order valence-electron chi connectivity index (χ4n) is 1.86. The van der Waals surface area contributed by atoms with E-state index >= 15 is 0 Å². The molecule has 5 nitrogen and oxygen atoms in total. The Hall–Kier alpha value is -2.43. The first kappa shape index (κ1) is 16.6. The molecule has 21 heavy (non-hydrogen) atoms. The van der Waals surface area contributed by atoms with Gasteiger partial charge >= 0.3 is 0 Å². The molecule has 5 heteroatoms. The van der Waals surface area contributed by atoms with Crippen LogP contribution in [0.1, 0.15) is 13.8 Å². The minimum atomic E-state index is -0.448. The van der Waals surface area contributed by atoms with E-state index in [1.165, 1.54) is 0 Å². The number of nitrogens with zero attached hydrogens (tertiary/aromatic N) is 2. The van der Waals surface area contributed by atoms with E-state index in [0.717, 1.165) is 17.8 Å². The fourth-order valence-corrected chi connectivity index (χ4v) is 1.86. The molecule has 0 bridgehead atoms. The van der Waals surface area contributed by atoms with E-state index in [-0.39, 0.29) is 5.92 Å². The molecule has 112 valence electrons. The number of aliphatic imine (C=N–C) groups is 1. The molecular formula is C16H22N4O. The SMILES string of the molecule is C=CC(=C\C=NCC)/C1=N/NC/C=C\C(C(N)=O)=C/C1C. The van der Waals surface area contributed by atoms with Crippen LogP contribution < -0.4 is 11.2 Å². The largest absolute Gasteiger partial charge is 0.366 e. The molecule has 1 heterocycles. The molecule has 1 amide bonds. The number of hydrogen-bond acceptors (Lipinski definition) is 4. The van der Waals surface area contributed by atoms with Gasteiger partial charge in [0.1, 0.15) is 0 Å². The topological polar surface area (TPSA) is 79.8 Å². The van der Waals surface area contributed by atoms with Gasteiger partial charge in [-0.05, 0) is 18.6 Å². The molecule has 0 aliphatic carbocycles. The Morgan fingerprint density at radius 2 is 2.43 bits per heavy atom. The van der Waals surface area contributed by atoms with Gasteiger partial charge in [0.05, 0.1) is 12.3 Å². The molecule has 1 aliphatic heterocycles. The quantitative estimate of drug-likeness (QED) is 0.596. The molecule has 0 fully saturated rings. The second-order valence-electron chi connectivity index (χ2n) is 4.51. The minimum absolute atomic E-state index is 0.0815. The Bertz CT molecular complexity index is 538. The lowest BCUT2D eigenvalue weighted by Gasteiger charge is -2.12. The predicted octanol–water partition coefficient (Wildman–Crippen LogP) is 1.75. The van der Waals surface area contributed by atoms with Crippen molar-refractivity contribution in [1.82, 2.24) is 5.43 Å². The summed E-state index contributed by atoms with van der Waals surface area (Å²) in [6.07, 6.45) is 10.6. The third kappa shape index (κ3) is 5.22. The molecule has 1 aliphatic rings. The first-order valence-corrected chi connectivity index (χ1v) is 6.91. The molecule has 1 rings (SSSR count). The second-order valence-corrected chi connectivity index (χ2v) is 4.51. The van der Waals surface area contributed by atoms with Crippen molar-refractivity contribution in [1.29, 1.82) is 0 Å². The van der Waals surface area contributed by atoms with Crippen molar-refractivity contribution in [3.05, 3.63) is 48.1 Å². The zero-order valence-electron chi connectivity index (χ0n) is 12.5. The molecule has 0 aromatic carbocycles. The highest BCUT2D eigenvalue weighted by Gasteiger charge is 2.14. The van der Waals surface area contributed by atoms with Gasteiger partial charge in [-0.3, -0.25) is 9.79 Å². The van der Waals surface area contributed by atoms with Crippen LogP contribution in [0.15, 0.2) is 58.2 Å². The summed E-state index contributed by atoms with van der Waals surface area (Å²) < 4.78 is 0. The van der Waals surface area contributed by atoms with Gasteiger partial charge in [-0.2, -0.15) is 5.10 Å². The van der Waals surface area contributed by atoms with E-state index in [0.29, 0.717) is 12.1 Å². The molecule has 1 unspecified atom stereocenters. The van der Waals surface area contributed by atoms with Gasteiger partial charge in [0.2, 0.25) is 5.91 Å². The van der Waals surface area contributed by atoms with E-state index in [1.54, 1.807) is 24.4 Å². The second kappa shape index (κ2) is 8.68. The number of rotatable bonds is 5. The molecule has 0 saturated carbocycles. The monoisotopic (exact) mass is 286 g/mol. The Balaban J connectivity index is 3.16. The number of primary amides is 1. The average molecular weight is 286 g/mol. The first-order chi connectivity index (χ1) is 10.1. The summed E-state index contributed by atoms with van der Waals surface area (Å²) in [6.45, 7) is 8.98. The van der Waals surface area contributed by atoms with Gasteiger partial charge in [-0.15, -0.1) is 0 Å². The van der Waals surface area contributed by atoms with E-state index in [9.17, 15) is 4.79 Å². The molecular weight excluding hydrogens is 264 g/mol. The number of nitrogens with one attached hydrogen (secondary N) is 1. The van der Waals surface area contributed by atoms with Crippen LogP contribution in [0, 0.1) is 5.92 Å². The number of allylic oxidation sites excluding steroid dienone is 4. The van der Waals surface area contributed by atoms with Gasteiger partial charge in [0, 0.05) is 24.3 Å². The number of hydrogen-bond donors (Lipinski definition) is 2. The third-order valence-corrected chi connectivity index (χ3v) is 2.91. The maximum Gasteiger partial charge on any atom is 0.248 e. The number of carbonyl (C=O) groups excluding carboxylic acids is 1. The highest BCUT2D eigenvalue weighted by molar-refractivity contribution is 6.08. The summed E-state index contributed by atoms with van der Waals surface area (Å²) in [5, 5.41) is 4.39. The van der Waals surface area contributed by atoms with Crippen LogP contribution in [0.25, 0.3) is 0 Å². The number of nitrogens with two attached hydrogens (primary N) is 1. The van der Waals surface area contributed by atoms with Crippen molar-refractivity contribution in [2.75, 3.05) is 13.1 Å². The van der Waals surface area contributed by atoms with Crippen molar-refractivity contribution in [2.45, 2.75) is 13.8 Å². The van der Waals surface area contributed by atoms with Crippen LogP contribution in [0.5, 0.6) is 0 Å². The van der Waals surface area contributed by atoms with Crippen LogP contribution in [0.4, 0.5) is 0 Å². The summed E-state index contributed by atoms with van der Waals surface area (Å²) >= 11 is 0. The van der Waals surface area contributed by atoms with Crippen molar-refractivity contribution >= 4 is 17.8 Å². The average Bonchev–Trinajstić information content (AvgIpc) is 2.55. The van der Waals surface area contributed by atoms with E-state index in [4.69, 9.17) is 5.73 Å². The lowest BCUT2D eigenvalue weighted by atomic mass is 9.95. The van der Waals surface area contributed by atoms with Gasteiger partial charge in [-0.25, -0.2) is 0 Å². The van der Waals surface area contributed by atoms with Crippen molar-refractivity contribution < 1.29 is 4.79 Å². The highest BCUT2D eigenvalue weighted by atomic mass is 16.1. The first-order valence-electron chi connectivity index (χ1n) is 6.91. The van der Waals surface area contributed by atoms with Gasteiger partial charge in [-0.1, -0.05) is 37.8 Å². The molecule has 0 aromatic rings. The normalized spacial score (nSPS) is 26.4. The maximum atomic E-state index is 11.4. The van der Waals surface area contributed by atoms with E-state index in [1.807, 2.05) is 26.0 Å². The van der Waals surface area contributed by atoms with Crippen LogP contribution in [-0.2, 0) is 4.79 Å². The molecule has 3 N–H and O–H groups in total. The Morgan fingerprint density at radius 1 is 1.67 bits per heavy atom. The van der Waals surface area contributed by atoms with Crippen LogP contribution in [0.3, 0.4) is 0 Å². The van der Waals surface area contributed by atoms with Crippen LogP contribution in [0.2, 0.25) is 0 Å². The number of hydrazone groups is 1. The molecule has 0 radical (unpaired) electrons. The lowest BCUT2D eigenvalue weighted by Crippen LogP contribution is -2.18. The molecule has 0 saturated heterocycles. The van der Waals surface area contributed by atoms with Crippen LogP contribution in [-0.4, -0.2) is 30.9 Å². The summed E-state index contributed by atoms with van der Waals surface area (Å²) in [5.41, 5.74) is 10.5. The molecule has 0 spiro atoms.